The number of benzene rings is 3. The van der Waals surface area contributed by atoms with Gasteiger partial charge in [0.1, 0.15) is 0 Å². The van der Waals surface area contributed by atoms with Crippen molar-refractivity contribution in [3.63, 3.8) is 0 Å². The highest BCUT2D eigenvalue weighted by Crippen LogP contribution is 2.27. The molecule has 0 aromatic heterocycles. The number of ether oxygens (including phenoxy) is 2. The summed E-state index contributed by atoms with van der Waals surface area (Å²) < 4.78 is 10.9. The van der Waals surface area contributed by atoms with Gasteiger partial charge in [0.05, 0.1) is 18.2 Å². The summed E-state index contributed by atoms with van der Waals surface area (Å²) in [6, 6.07) is 17.5. The van der Waals surface area contributed by atoms with Crippen molar-refractivity contribution >= 4 is 29.4 Å². The number of nitro groups is 1. The topological polar surface area (TPSA) is 132 Å². The molecule has 0 saturated carbocycles. The van der Waals surface area contributed by atoms with E-state index in [-0.39, 0.29) is 23.8 Å². The maximum Gasteiger partial charge on any atom is 0.271 e. The highest BCUT2D eigenvalue weighted by atomic mass is 16.6. The number of carbonyl (C=O) groups excluding carboxylic acids is 2. The number of nitrogens with zero attached hydrogens (tertiary/aromatic N) is 2. The Morgan fingerprint density at radius 3 is 2.50 bits per heavy atom. The molecule has 10 nitrogen and oxygen atoms in total. The normalized spacial score (nSPS) is 10.5. The molecule has 0 radical (unpaired) electrons. The van der Waals surface area contributed by atoms with E-state index in [9.17, 15) is 19.7 Å². The van der Waals surface area contributed by atoms with Crippen LogP contribution in [0.2, 0.25) is 0 Å². The Hall–Kier alpha value is -4.73. The molecule has 3 rings (SSSR count). The van der Waals surface area contributed by atoms with Gasteiger partial charge in [-0.25, -0.2) is 5.43 Å². The van der Waals surface area contributed by atoms with Crippen LogP contribution in [-0.4, -0.2) is 36.7 Å². The van der Waals surface area contributed by atoms with Crippen molar-refractivity contribution in [3.8, 4) is 11.5 Å². The number of hydrogen-bond acceptors (Lipinski definition) is 7. The van der Waals surface area contributed by atoms with Crippen molar-refractivity contribution in [3.05, 3.63) is 93.5 Å². The van der Waals surface area contributed by atoms with E-state index in [4.69, 9.17) is 9.47 Å². The average Bonchev–Trinajstić information content (AvgIpc) is 2.83. The number of nitrogens with one attached hydrogen (secondary N) is 2. The van der Waals surface area contributed by atoms with Crippen molar-refractivity contribution in [2.24, 2.45) is 5.10 Å². The largest absolute Gasteiger partial charge is 0.493 e. The molecule has 0 aliphatic heterocycles. The minimum atomic E-state index is -0.544. The number of rotatable bonds is 9. The first-order valence-corrected chi connectivity index (χ1v) is 10.1. The Bertz CT molecular complexity index is 1220. The van der Waals surface area contributed by atoms with E-state index in [1.54, 1.807) is 24.3 Å². The van der Waals surface area contributed by atoms with Crippen molar-refractivity contribution < 1.29 is 24.0 Å². The monoisotopic (exact) mass is 462 g/mol. The highest BCUT2D eigenvalue weighted by Gasteiger charge is 2.10. The molecular weight excluding hydrogens is 440 g/mol. The van der Waals surface area contributed by atoms with Gasteiger partial charge in [0.15, 0.2) is 18.1 Å². The number of carbonyl (C=O) groups is 2. The number of aryl methyl sites for hydroxylation is 1. The van der Waals surface area contributed by atoms with Crippen LogP contribution < -0.4 is 20.2 Å². The third-order valence-corrected chi connectivity index (χ3v) is 4.57. The fraction of sp³-hybridized carbons (Fsp3) is 0.125. The Balaban J connectivity index is 1.56. The van der Waals surface area contributed by atoms with Gasteiger partial charge in [-0.2, -0.15) is 5.10 Å². The van der Waals surface area contributed by atoms with Crippen LogP contribution >= 0.6 is 0 Å². The number of anilines is 1. The van der Waals surface area contributed by atoms with Crippen LogP contribution in [0.3, 0.4) is 0 Å². The second-order valence-electron chi connectivity index (χ2n) is 7.12. The molecule has 3 aromatic carbocycles. The maximum atomic E-state index is 12.2. The molecule has 0 aliphatic carbocycles. The fourth-order valence-corrected chi connectivity index (χ4v) is 2.91. The van der Waals surface area contributed by atoms with Crippen LogP contribution in [0.25, 0.3) is 0 Å². The van der Waals surface area contributed by atoms with Gasteiger partial charge in [0.2, 0.25) is 0 Å². The molecule has 3 aromatic rings. The first-order chi connectivity index (χ1) is 16.4. The van der Waals surface area contributed by atoms with Crippen LogP contribution in [0.15, 0.2) is 71.8 Å². The zero-order valence-corrected chi connectivity index (χ0v) is 18.5. The van der Waals surface area contributed by atoms with E-state index in [1.807, 2.05) is 25.1 Å². The number of hydrazone groups is 1. The fourth-order valence-electron chi connectivity index (χ4n) is 2.91. The second kappa shape index (κ2) is 11.2. The van der Waals surface area contributed by atoms with Gasteiger partial charge in [-0.05, 0) is 60.5 Å². The molecule has 0 aliphatic rings. The van der Waals surface area contributed by atoms with E-state index >= 15 is 0 Å². The van der Waals surface area contributed by atoms with Crippen molar-refractivity contribution in [2.75, 3.05) is 19.0 Å². The van der Waals surface area contributed by atoms with Crippen molar-refractivity contribution in [1.29, 1.82) is 0 Å². The van der Waals surface area contributed by atoms with Crippen LogP contribution in [0, 0.1) is 17.0 Å². The van der Waals surface area contributed by atoms with Crippen LogP contribution in [0.4, 0.5) is 11.4 Å². The van der Waals surface area contributed by atoms with Gasteiger partial charge in [0, 0.05) is 23.4 Å². The lowest BCUT2D eigenvalue weighted by atomic mass is 10.2. The lowest BCUT2D eigenvalue weighted by Crippen LogP contribution is -2.20. The van der Waals surface area contributed by atoms with E-state index in [0.29, 0.717) is 22.7 Å². The lowest BCUT2D eigenvalue weighted by molar-refractivity contribution is -0.384. The summed E-state index contributed by atoms with van der Waals surface area (Å²) in [6.07, 6.45) is 1.40. The number of amides is 2. The predicted molar refractivity (Wildman–Crippen MR) is 126 cm³/mol. The molecular formula is C24H22N4O6. The van der Waals surface area contributed by atoms with Crippen LogP contribution in [0.1, 0.15) is 21.5 Å². The number of non-ortho nitro benzene ring substituents is 1. The highest BCUT2D eigenvalue weighted by molar-refractivity contribution is 5.95. The van der Waals surface area contributed by atoms with E-state index < -0.39 is 10.8 Å². The van der Waals surface area contributed by atoms with E-state index in [2.05, 4.69) is 15.8 Å². The average molecular weight is 462 g/mol. The second-order valence-corrected chi connectivity index (χ2v) is 7.12. The molecule has 174 valence electrons. The summed E-state index contributed by atoms with van der Waals surface area (Å²) in [5.74, 6) is -0.0760. The number of methoxy groups -OCH3 is 1. The third kappa shape index (κ3) is 6.63. The molecule has 34 heavy (non-hydrogen) atoms. The molecule has 0 heterocycles. The Morgan fingerprint density at radius 2 is 1.82 bits per heavy atom. The Labute approximate surface area is 195 Å². The third-order valence-electron chi connectivity index (χ3n) is 4.57. The van der Waals surface area contributed by atoms with Crippen molar-refractivity contribution in [2.45, 2.75) is 6.92 Å². The molecule has 0 atom stereocenters. The molecule has 10 heteroatoms. The summed E-state index contributed by atoms with van der Waals surface area (Å²) in [6.45, 7) is 1.73. The smallest absolute Gasteiger partial charge is 0.271 e. The molecule has 0 spiro atoms. The SMILES string of the molecule is COc1cc(/C=N\NC(=O)c2ccc([N+](=O)[O-])cc2)ccc1OCC(=O)Nc1cccc(C)c1. The van der Waals surface area contributed by atoms with Gasteiger partial charge >= 0.3 is 0 Å². The summed E-state index contributed by atoms with van der Waals surface area (Å²) >= 11 is 0. The van der Waals surface area contributed by atoms with Crippen molar-refractivity contribution in [1.82, 2.24) is 5.43 Å². The zero-order chi connectivity index (χ0) is 24.5. The standard InChI is InChI=1S/C24H22N4O6/c1-16-4-3-5-19(12-16)26-23(29)15-34-21-11-6-17(13-22(21)33-2)14-25-27-24(30)18-7-9-20(10-8-18)28(31)32/h3-14H,15H2,1-2H3,(H,26,29)(H,27,30)/b25-14-. The zero-order valence-electron chi connectivity index (χ0n) is 18.5. The van der Waals surface area contributed by atoms with E-state index in [1.165, 1.54) is 37.6 Å². The van der Waals surface area contributed by atoms with Gasteiger partial charge < -0.3 is 14.8 Å². The van der Waals surface area contributed by atoms with Crippen LogP contribution in [0.5, 0.6) is 11.5 Å². The molecule has 2 amide bonds. The Morgan fingerprint density at radius 1 is 1.06 bits per heavy atom. The summed E-state index contributed by atoms with van der Waals surface area (Å²) in [4.78, 5) is 34.4. The van der Waals surface area contributed by atoms with Gasteiger partial charge in [-0.3, -0.25) is 19.7 Å². The van der Waals surface area contributed by atoms with Gasteiger partial charge in [0.25, 0.3) is 17.5 Å². The molecule has 0 saturated heterocycles. The summed E-state index contributed by atoms with van der Waals surface area (Å²) in [5, 5.41) is 17.3. The Kier molecular flexibility index (Phi) is 7.90. The minimum absolute atomic E-state index is 0.109. The number of nitro benzene ring substituents is 1. The first-order valence-electron chi connectivity index (χ1n) is 10.1. The molecule has 0 bridgehead atoms. The summed E-state index contributed by atoms with van der Waals surface area (Å²) in [5.41, 5.74) is 4.79. The predicted octanol–water partition coefficient (Wildman–Crippen LogP) is 3.69. The van der Waals surface area contributed by atoms with Gasteiger partial charge in [-0.1, -0.05) is 12.1 Å². The molecule has 0 unspecified atom stereocenters. The van der Waals surface area contributed by atoms with Gasteiger partial charge in [-0.15, -0.1) is 0 Å². The molecule has 2 N–H and O–H groups in total. The lowest BCUT2D eigenvalue weighted by Gasteiger charge is -2.11. The summed E-state index contributed by atoms with van der Waals surface area (Å²) in [7, 11) is 1.46. The maximum absolute atomic E-state index is 12.2. The molecule has 0 fully saturated rings. The quantitative estimate of drug-likeness (QED) is 0.283. The number of hydrogen-bond donors (Lipinski definition) is 2. The minimum Gasteiger partial charge on any atom is -0.493 e. The van der Waals surface area contributed by atoms with E-state index in [0.717, 1.165) is 5.56 Å². The first kappa shape index (κ1) is 23.9. The van der Waals surface area contributed by atoms with Crippen LogP contribution in [-0.2, 0) is 4.79 Å².